The molecule has 0 saturated carbocycles. The van der Waals surface area contributed by atoms with Gasteiger partial charge in [-0.25, -0.2) is 15.0 Å². The fourth-order valence-electron chi connectivity index (χ4n) is 1.89. The second-order valence-corrected chi connectivity index (χ2v) is 5.69. The van der Waals surface area contributed by atoms with Crippen LogP contribution in [0.25, 0.3) is 11.3 Å². The van der Waals surface area contributed by atoms with Crippen molar-refractivity contribution in [3.8, 4) is 11.3 Å². The molecule has 0 unspecified atom stereocenters. The van der Waals surface area contributed by atoms with Gasteiger partial charge in [0.2, 0.25) is 5.95 Å². The lowest BCUT2D eigenvalue weighted by molar-refractivity contribution is 1.16. The third kappa shape index (κ3) is 2.67. The van der Waals surface area contributed by atoms with E-state index in [9.17, 15) is 0 Å². The summed E-state index contributed by atoms with van der Waals surface area (Å²) >= 11 is 1.61. The highest BCUT2D eigenvalue weighted by Gasteiger charge is 2.10. The van der Waals surface area contributed by atoms with Crippen molar-refractivity contribution in [3.05, 3.63) is 53.2 Å². The zero-order valence-electron chi connectivity index (χ0n) is 11.3. The van der Waals surface area contributed by atoms with Gasteiger partial charge in [0.1, 0.15) is 0 Å². The highest BCUT2D eigenvalue weighted by atomic mass is 32.1. The van der Waals surface area contributed by atoms with Gasteiger partial charge in [0.05, 0.1) is 5.69 Å². The lowest BCUT2D eigenvalue weighted by Crippen LogP contribution is -1.94. The summed E-state index contributed by atoms with van der Waals surface area (Å²) in [6.45, 7) is 4.15. The average Bonchev–Trinajstić information content (AvgIpc) is 2.81. The predicted octanol–water partition coefficient (Wildman–Crippen LogP) is 3.96. The van der Waals surface area contributed by atoms with E-state index in [1.54, 1.807) is 29.8 Å². The molecule has 0 radical (unpaired) electrons. The molecule has 3 aromatic rings. The van der Waals surface area contributed by atoms with Gasteiger partial charge >= 0.3 is 0 Å². The summed E-state index contributed by atoms with van der Waals surface area (Å²) in [6.07, 6.45) is 3.41. The van der Waals surface area contributed by atoms with Crippen LogP contribution in [0.4, 0.5) is 11.1 Å². The van der Waals surface area contributed by atoms with Crippen molar-refractivity contribution >= 4 is 22.4 Å². The standard InChI is InChI=1S/C15H14N4S/c1-10-4-6-12(7-5-10)13-11(2)20-15(18-13)19-14-16-8-3-9-17-14/h3-9H,1-2H3,(H,16,17,18,19). The number of benzene rings is 1. The van der Waals surface area contributed by atoms with Gasteiger partial charge in [-0.2, -0.15) is 0 Å². The highest BCUT2D eigenvalue weighted by Crippen LogP contribution is 2.31. The maximum absolute atomic E-state index is 4.63. The first-order valence-corrected chi connectivity index (χ1v) is 7.12. The Morgan fingerprint density at radius 3 is 2.40 bits per heavy atom. The molecule has 0 amide bonds. The van der Waals surface area contributed by atoms with E-state index in [1.165, 1.54) is 10.4 Å². The third-order valence-electron chi connectivity index (χ3n) is 2.91. The second-order valence-electron chi connectivity index (χ2n) is 4.49. The summed E-state index contributed by atoms with van der Waals surface area (Å²) in [6, 6.07) is 10.2. The maximum atomic E-state index is 4.63. The van der Waals surface area contributed by atoms with Crippen LogP contribution in [-0.2, 0) is 0 Å². The molecule has 4 nitrogen and oxygen atoms in total. The Balaban J connectivity index is 1.89. The number of hydrogen-bond donors (Lipinski definition) is 1. The van der Waals surface area contributed by atoms with Crippen LogP contribution in [0.5, 0.6) is 0 Å². The van der Waals surface area contributed by atoms with E-state index in [-0.39, 0.29) is 0 Å². The number of thiazole rings is 1. The van der Waals surface area contributed by atoms with Crippen molar-refractivity contribution in [2.24, 2.45) is 0 Å². The monoisotopic (exact) mass is 282 g/mol. The number of nitrogens with one attached hydrogen (secondary N) is 1. The van der Waals surface area contributed by atoms with E-state index in [4.69, 9.17) is 0 Å². The number of rotatable bonds is 3. The molecule has 0 saturated heterocycles. The third-order valence-corrected chi connectivity index (χ3v) is 3.79. The van der Waals surface area contributed by atoms with Crippen LogP contribution >= 0.6 is 11.3 Å². The molecular formula is C15H14N4S. The Hall–Kier alpha value is -2.27. The molecule has 0 aliphatic carbocycles. The first kappa shape index (κ1) is 12.7. The van der Waals surface area contributed by atoms with Crippen LogP contribution in [0, 0.1) is 13.8 Å². The number of aryl methyl sites for hydroxylation is 2. The number of aromatic nitrogens is 3. The van der Waals surface area contributed by atoms with E-state index in [0.29, 0.717) is 5.95 Å². The topological polar surface area (TPSA) is 50.7 Å². The van der Waals surface area contributed by atoms with Gasteiger partial charge in [0, 0.05) is 22.8 Å². The predicted molar refractivity (Wildman–Crippen MR) is 82.3 cm³/mol. The zero-order chi connectivity index (χ0) is 13.9. The summed E-state index contributed by atoms with van der Waals surface area (Å²) in [5.74, 6) is 0.566. The average molecular weight is 282 g/mol. The summed E-state index contributed by atoms with van der Waals surface area (Å²) in [7, 11) is 0. The highest BCUT2D eigenvalue weighted by molar-refractivity contribution is 7.16. The summed E-state index contributed by atoms with van der Waals surface area (Å²) in [5, 5.41) is 3.94. The smallest absolute Gasteiger partial charge is 0.228 e. The lowest BCUT2D eigenvalue weighted by atomic mass is 10.1. The van der Waals surface area contributed by atoms with E-state index in [2.05, 4.69) is 58.4 Å². The number of hydrogen-bond acceptors (Lipinski definition) is 5. The van der Waals surface area contributed by atoms with E-state index in [1.807, 2.05) is 0 Å². The summed E-state index contributed by atoms with van der Waals surface area (Å²) in [4.78, 5) is 14.1. The van der Waals surface area contributed by atoms with Crippen molar-refractivity contribution in [1.29, 1.82) is 0 Å². The zero-order valence-corrected chi connectivity index (χ0v) is 12.1. The van der Waals surface area contributed by atoms with Gasteiger partial charge in [-0.05, 0) is 19.9 Å². The van der Waals surface area contributed by atoms with Crippen LogP contribution in [0.3, 0.4) is 0 Å². The maximum Gasteiger partial charge on any atom is 0.228 e. The number of nitrogens with zero attached hydrogens (tertiary/aromatic N) is 3. The van der Waals surface area contributed by atoms with Crippen molar-refractivity contribution in [2.75, 3.05) is 5.32 Å². The second kappa shape index (κ2) is 5.38. The van der Waals surface area contributed by atoms with Crippen LogP contribution in [-0.4, -0.2) is 15.0 Å². The van der Waals surface area contributed by atoms with Gasteiger partial charge in [-0.15, -0.1) is 11.3 Å². The van der Waals surface area contributed by atoms with Gasteiger partial charge in [0.25, 0.3) is 0 Å². The Labute approximate surface area is 121 Å². The molecule has 0 atom stereocenters. The molecule has 2 aromatic heterocycles. The van der Waals surface area contributed by atoms with Crippen molar-refractivity contribution in [3.63, 3.8) is 0 Å². The first-order valence-electron chi connectivity index (χ1n) is 6.31. The van der Waals surface area contributed by atoms with E-state index in [0.717, 1.165) is 16.4 Å². The Bertz CT molecular complexity index is 704. The molecule has 0 bridgehead atoms. The van der Waals surface area contributed by atoms with Crippen molar-refractivity contribution in [2.45, 2.75) is 13.8 Å². The van der Waals surface area contributed by atoms with E-state index >= 15 is 0 Å². The van der Waals surface area contributed by atoms with Gasteiger partial charge in [-0.1, -0.05) is 29.8 Å². The molecule has 0 aliphatic heterocycles. The Kier molecular flexibility index (Phi) is 3.43. The minimum absolute atomic E-state index is 0.566. The Morgan fingerprint density at radius 1 is 1.00 bits per heavy atom. The van der Waals surface area contributed by atoms with Crippen molar-refractivity contribution < 1.29 is 0 Å². The minimum Gasteiger partial charge on any atom is -0.300 e. The Morgan fingerprint density at radius 2 is 1.70 bits per heavy atom. The van der Waals surface area contributed by atoms with Crippen molar-refractivity contribution in [1.82, 2.24) is 15.0 Å². The van der Waals surface area contributed by atoms with Crippen LogP contribution in [0.15, 0.2) is 42.7 Å². The molecule has 0 fully saturated rings. The van der Waals surface area contributed by atoms with Crippen LogP contribution < -0.4 is 5.32 Å². The summed E-state index contributed by atoms with van der Waals surface area (Å²) in [5.41, 5.74) is 3.39. The summed E-state index contributed by atoms with van der Waals surface area (Å²) < 4.78 is 0. The molecule has 0 spiro atoms. The minimum atomic E-state index is 0.566. The molecule has 3 rings (SSSR count). The van der Waals surface area contributed by atoms with Crippen LogP contribution in [0.2, 0.25) is 0 Å². The lowest BCUT2D eigenvalue weighted by Gasteiger charge is -2.00. The SMILES string of the molecule is Cc1ccc(-c2nc(Nc3ncccn3)sc2C)cc1. The fourth-order valence-corrected chi connectivity index (χ4v) is 2.72. The van der Waals surface area contributed by atoms with Crippen LogP contribution in [0.1, 0.15) is 10.4 Å². The number of anilines is 2. The quantitative estimate of drug-likeness (QED) is 0.790. The van der Waals surface area contributed by atoms with Gasteiger partial charge in [-0.3, -0.25) is 0 Å². The van der Waals surface area contributed by atoms with Gasteiger partial charge < -0.3 is 5.32 Å². The molecule has 20 heavy (non-hydrogen) atoms. The molecular weight excluding hydrogens is 268 g/mol. The molecule has 5 heteroatoms. The molecule has 0 aliphatic rings. The molecule has 1 N–H and O–H groups in total. The molecule has 100 valence electrons. The normalized spacial score (nSPS) is 10.5. The molecule has 1 aromatic carbocycles. The largest absolute Gasteiger partial charge is 0.300 e. The van der Waals surface area contributed by atoms with Gasteiger partial charge in [0.15, 0.2) is 5.13 Å². The fraction of sp³-hybridized carbons (Fsp3) is 0.133. The first-order chi connectivity index (χ1) is 9.72. The van der Waals surface area contributed by atoms with E-state index < -0.39 is 0 Å². The molecule has 2 heterocycles.